The van der Waals surface area contributed by atoms with Gasteiger partial charge < -0.3 is 4.74 Å². The van der Waals surface area contributed by atoms with Gasteiger partial charge >= 0.3 is 6.11 Å². The fourth-order valence-corrected chi connectivity index (χ4v) is 6.78. The summed E-state index contributed by atoms with van der Waals surface area (Å²) in [5, 5.41) is 0. The minimum Gasteiger partial charge on any atom is -0.316 e. The first-order chi connectivity index (χ1) is 18.8. The molecule has 2 aromatic rings. The Hall–Kier alpha value is -1.88. The molecule has 0 radical (unpaired) electrons. The van der Waals surface area contributed by atoms with Crippen LogP contribution < -0.4 is 0 Å². The first-order valence-electron chi connectivity index (χ1n) is 15.4. The van der Waals surface area contributed by atoms with Crippen molar-refractivity contribution in [3.05, 3.63) is 70.3 Å². The van der Waals surface area contributed by atoms with Gasteiger partial charge in [0.1, 0.15) is 0 Å². The van der Waals surface area contributed by atoms with Crippen molar-refractivity contribution in [2.75, 3.05) is 6.61 Å². The lowest BCUT2D eigenvalue weighted by Gasteiger charge is -2.29. The Bertz CT molecular complexity index is 1020. The maximum absolute atomic E-state index is 15.0. The lowest BCUT2D eigenvalue weighted by atomic mass is 9.76. The molecule has 0 heterocycles. The Morgan fingerprint density at radius 2 is 1.38 bits per heavy atom. The zero-order chi connectivity index (χ0) is 27.8. The summed E-state index contributed by atoms with van der Waals surface area (Å²) in [6, 6.07) is 10.5. The summed E-state index contributed by atoms with van der Waals surface area (Å²) in [6.45, 7) is 4.16. The van der Waals surface area contributed by atoms with E-state index in [0.29, 0.717) is 11.8 Å². The van der Waals surface area contributed by atoms with Crippen LogP contribution in [0, 0.1) is 23.5 Å². The Morgan fingerprint density at radius 1 is 0.744 bits per heavy atom. The van der Waals surface area contributed by atoms with Gasteiger partial charge in [0, 0.05) is 0 Å². The molecule has 0 spiro atoms. The van der Waals surface area contributed by atoms with Crippen molar-refractivity contribution in [2.45, 2.75) is 122 Å². The van der Waals surface area contributed by atoms with E-state index in [-0.39, 0.29) is 24.5 Å². The van der Waals surface area contributed by atoms with Crippen molar-refractivity contribution < 1.29 is 22.3 Å². The number of ether oxygens (including phenoxy) is 1. The fraction of sp³-hybridized carbons (Fsp3) is 0.647. The van der Waals surface area contributed by atoms with Crippen molar-refractivity contribution >= 4 is 0 Å². The summed E-state index contributed by atoms with van der Waals surface area (Å²) in [5.41, 5.74) is 1.41. The van der Waals surface area contributed by atoms with E-state index in [4.69, 9.17) is 4.74 Å². The third-order valence-electron chi connectivity index (χ3n) is 9.48. The van der Waals surface area contributed by atoms with Crippen LogP contribution in [-0.2, 0) is 17.3 Å². The van der Waals surface area contributed by atoms with Gasteiger partial charge in [-0.1, -0.05) is 76.3 Å². The second-order valence-corrected chi connectivity index (χ2v) is 12.0. The second kappa shape index (κ2) is 14.1. The molecule has 0 saturated heterocycles. The minimum atomic E-state index is -3.89. The van der Waals surface area contributed by atoms with E-state index in [0.717, 1.165) is 43.2 Å². The number of halogens is 4. The molecule has 2 saturated carbocycles. The van der Waals surface area contributed by atoms with Crippen molar-refractivity contribution in [2.24, 2.45) is 11.8 Å². The van der Waals surface area contributed by atoms with E-state index >= 15 is 0 Å². The van der Waals surface area contributed by atoms with E-state index in [9.17, 15) is 17.6 Å². The highest BCUT2D eigenvalue weighted by Crippen LogP contribution is 2.41. The number of alkyl halides is 2. The maximum Gasteiger partial charge on any atom is 0.386 e. The lowest BCUT2D eigenvalue weighted by Crippen LogP contribution is -2.23. The number of hydrogen-bond acceptors (Lipinski definition) is 1. The largest absolute Gasteiger partial charge is 0.386 e. The van der Waals surface area contributed by atoms with Crippen LogP contribution in [-0.4, -0.2) is 6.61 Å². The topological polar surface area (TPSA) is 9.23 Å². The summed E-state index contributed by atoms with van der Waals surface area (Å²) >= 11 is 0. The van der Waals surface area contributed by atoms with Gasteiger partial charge in [-0.2, -0.15) is 8.78 Å². The first kappa shape index (κ1) is 30.1. The molecular weight excluding hydrogens is 500 g/mol. The highest BCUT2D eigenvalue weighted by Gasteiger charge is 2.38. The summed E-state index contributed by atoms with van der Waals surface area (Å²) < 4.78 is 64.3. The highest BCUT2D eigenvalue weighted by atomic mass is 19.3. The molecule has 0 atom stereocenters. The SMILES string of the molecule is CCCCCC1CCC(c2ccc(C(F)(F)OCCc3ccc(C4CCC(CC)CC4)cc3)c(F)c2F)CC1. The van der Waals surface area contributed by atoms with Crippen LogP contribution in [0.4, 0.5) is 17.6 Å². The molecule has 4 rings (SSSR count). The normalized spacial score (nSPS) is 24.2. The molecule has 0 amide bonds. The van der Waals surface area contributed by atoms with Gasteiger partial charge in [-0.15, -0.1) is 0 Å². The van der Waals surface area contributed by atoms with Crippen molar-refractivity contribution in [1.29, 1.82) is 0 Å². The summed E-state index contributed by atoms with van der Waals surface area (Å²) in [6.07, 6.45) is 10.9. The van der Waals surface area contributed by atoms with Gasteiger partial charge in [-0.05, 0) is 104 Å². The average Bonchev–Trinajstić information content (AvgIpc) is 2.95. The molecule has 0 unspecified atom stereocenters. The predicted molar refractivity (Wildman–Crippen MR) is 150 cm³/mol. The second-order valence-electron chi connectivity index (χ2n) is 12.0. The number of benzene rings is 2. The van der Waals surface area contributed by atoms with Crippen LogP contribution in [0.1, 0.15) is 131 Å². The zero-order valence-corrected chi connectivity index (χ0v) is 23.8. The molecule has 0 bridgehead atoms. The van der Waals surface area contributed by atoms with Gasteiger partial charge in [-0.25, -0.2) is 8.78 Å². The average molecular weight is 547 g/mol. The van der Waals surface area contributed by atoms with Gasteiger partial charge in [-0.3, -0.25) is 0 Å². The predicted octanol–water partition coefficient (Wildman–Crippen LogP) is 10.8. The van der Waals surface area contributed by atoms with Gasteiger partial charge in [0.2, 0.25) is 0 Å². The van der Waals surface area contributed by atoms with Crippen LogP contribution in [0.25, 0.3) is 0 Å². The molecule has 2 aliphatic rings. The summed E-state index contributed by atoms with van der Waals surface area (Å²) in [5.74, 6) is -0.693. The van der Waals surface area contributed by atoms with Crippen LogP contribution in [0.3, 0.4) is 0 Å². The molecule has 0 aromatic heterocycles. The molecule has 216 valence electrons. The molecule has 39 heavy (non-hydrogen) atoms. The van der Waals surface area contributed by atoms with Gasteiger partial charge in [0.05, 0.1) is 12.2 Å². The van der Waals surface area contributed by atoms with E-state index in [1.807, 2.05) is 12.1 Å². The van der Waals surface area contributed by atoms with Gasteiger partial charge in [0.15, 0.2) is 11.6 Å². The molecule has 2 aromatic carbocycles. The minimum absolute atomic E-state index is 0.116. The third kappa shape index (κ3) is 7.86. The maximum atomic E-state index is 15.0. The van der Waals surface area contributed by atoms with Crippen LogP contribution in [0.5, 0.6) is 0 Å². The smallest absolute Gasteiger partial charge is 0.316 e. The number of unbranched alkanes of at least 4 members (excludes halogenated alkanes) is 2. The third-order valence-corrected chi connectivity index (χ3v) is 9.48. The van der Waals surface area contributed by atoms with E-state index in [1.165, 1.54) is 69.4 Å². The molecule has 5 heteroatoms. The van der Waals surface area contributed by atoms with Crippen molar-refractivity contribution in [1.82, 2.24) is 0 Å². The molecule has 1 nitrogen and oxygen atoms in total. The molecule has 0 N–H and O–H groups in total. The quantitative estimate of drug-likeness (QED) is 0.190. The lowest BCUT2D eigenvalue weighted by molar-refractivity contribution is -0.249. The first-order valence-corrected chi connectivity index (χ1v) is 15.4. The Morgan fingerprint density at radius 3 is 2.03 bits per heavy atom. The Labute approximate surface area is 232 Å². The van der Waals surface area contributed by atoms with Crippen LogP contribution >= 0.6 is 0 Å². The molecule has 2 aliphatic carbocycles. The monoisotopic (exact) mass is 546 g/mol. The zero-order valence-electron chi connectivity index (χ0n) is 23.8. The van der Waals surface area contributed by atoms with E-state index < -0.39 is 23.3 Å². The van der Waals surface area contributed by atoms with Crippen molar-refractivity contribution in [3.8, 4) is 0 Å². The van der Waals surface area contributed by atoms with E-state index in [2.05, 4.69) is 26.0 Å². The number of hydrogen-bond donors (Lipinski definition) is 0. The summed E-state index contributed by atoms with van der Waals surface area (Å²) in [7, 11) is 0. The standard InChI is InChI=1S/C34H46F4O/c1-3-5-6-7-25-12-18-29(19-13-25)30-20-21-31(33(36)32(30)35)34(37,38)39-23-22-26-10-16-28(17-11-26)27-14-8-24(4-2)9-15-27/h10-11,16-17,20-21,24-25,27,29H,3-9,12-15,18-19,22-23H2,1-2H3. The number of rotatable bonds is 12. The Kier molecular flexibility index (Phi) is 10.9. The van der Waals surface area contributed by atoms with E-state index in [1.54, 1.807) is 0 Å². The van der Waals surface area contributed by atoms with Crippen LogP contribution in [0.15, 0.2) is 36.4 Å². The van der Waals surface area contributed by atoms with Crippen molar-refractivity contribution in [3.63, 3.8) is 0 Å². The summed E-state index contributed by atoms with van der Waals surface area (Å²) in [4.78, 5) is 0. The van der Waals surface area contributed by atoms with Gasteiger partial charge in [0.25, 0.3) is 0 Å². The van der Waals surface area contributed by atoms with Crippen LogP contribution in [0.2, 0.25) is 0 Å². The Balaban J connectivity index is 1.29. The highest BCUT2D eigenvalue weighted by molar-refractivity contribution is 5.31. The molecule has 0 aliphatic heterocycles. The fourth-order valence-electron chi connectivity index (χ4n) is 6.78. The molecule has 2 fully saturated rings. The molecular formula is C34H46F4O.